The average Bonchev–Trinajstić information content (AvgIpc) is 2.14. The number of hydrogen-bond acceptors (Lipinski definition) is 4. The third-order valence-electron chi connectivity index (χ3n) is 2.12. The van der Waals surface area contributed by atoms with Gasteiger partial charge in [-0.3, -0.25) is 4.79 Å². The Morgan fingerprint density at radius 1 is 1.41 bits per heavy atom. The number of esters is 1. The van der Waals surface area contributed by atoms with Crippen molar-refractivity contribution in [1.29, 1.82) is 0 Å². The van der Waals surface area contributed by atoms with Gasteiger partial charge in [0.25, 0.3) is 0 Å². The van der Waals surface area contributed by atoms with Crippen molar-refractivity contribution in [1.82, 2.24) is 5.32 Å². The van der Waals surface area contributed by atoms with Gasteiger partial charge < -0.3 is 10.1 Å². The molecule has 0 bridgehead atoms. The van der Waals surface area contributed by atoms with Crippen LogP contribution in [0.25, 0.3) is 0 Å². The maximum atomic E-state index is 11.4. The van der Waals surface area contributed by atoms with Crippen LogP contribution in [0.5, 0.6) is 0 Å². The molecule has 4 heteroatoms. The molecule has 3 nitrogen and oxygen atoms in total. The zero-order chi connectivity index (χ0) is 13.3. The SMILES string of the molecule is CCNC(C)CCCSCC(=O)OC(C)(C)C. The first-order valence-electron chi connectivity index (χ1n) is 6.38. The summed E-state index contributed by atoms with van der Waals surface area (Å²) in [6.45, 7) is 11.0. The van der Waals surface area contributed by atoms with Crippen LogP contribution in [0.3, 0.4) is 0 Å². The second-order valence-corrected chi connectivity index (χ2v) is 6.35. The molecule has 0 saturated carbocycles. The molecule has 0 radical (unpaired) electrons. The molecule has 0 aliphatic heterocycles. The van der Waals surface area contributed by atoms with E-state index in [4.69, 9.17) is 4.74 Å². The normalized spacial score (nSPS) is 13.5. The minimum absolute atomic E-state index is 0.109. The highest BCUT2D eigenvalue weighted by Gasteiger charge is 2.15. The molecule has 0 saturated heterocycles. The maximum Gasteiger partial charge on any atom is 0.316 e. The van der Waals surface area contributed by atoms with E-state index < -0.39 is 0 Å². The molecule has 1 N–H and O–H groups in total. The highest BCUT2D eigenvalue weighted by atomic mass is 32.2. The Kier molecular flexibility index (Phi) is 8.70. The molecule has 0 amide bonds. The zero-order valence-corrected chi connectivity index (χ0v) is 12.7. The van der Waals surface area contributed by atoms with Crippen molar-refractivity contribution in [2.45, 2.75) is 59.1 Å². The van der Waals surface area contributed by atoms with Gasteiger partial charge >= 0.3 is 5.97 Å². The predicted molar refractivity (Wildman–Crippen MR) is 75.5 cm³/mol. The molecule has 0 fully saturated rings. The van der Waals surface area contributed by atoms with Gasteiger partial charge in [0.2, 0.25) is 0 Å². The molecule has 0 aromatic rings. The van der Waals surface area contributed by atoms with Crippen molar-refractivity contribution in [3.05, 3.63) is 0 Å². The lowest BCUT2D eigenvalue weighted by atomic mass is 10.2. The largest absolute Gasteiger partial charge is 0.459 e. The van der Waals surface area contributed by atoms with Crippen LogP contribution in [-0.2, 0) is 9.53 Å². The van der Waals surface area contributed by atoms with E-state index >= 15 is 0 Å². The van der Waals surface area contributed by atoms with Crippen molar-refractivity contribution >= 4 is 17.7 Å². The van der Waals surface area contributed by atoms with Gasteiger partial charge in [0.1, 0.15) is 5.60 Å². The zero-order valence-electron chi connectivity index (χ0n) is 11.8. The van der Waals surface area contributed by atoms with Gasteiger partial charge in [0.15, 0.2) is 0 Å². The molecular formula is C13H27NO2S. The van der Waals surface area contributed by atoms with E-state index in [-0.39, 0.29) is 11.6 Å². The number of hydrogen-bond donors (Lipinski definition) is 1. The topological polar surface area (TPSA) is 38.3 Å². The summed E-state index contributed by atoms with van der Waals surface area (Å²) in [5.74, 6) is 1.38. The Hall–Kier alpha value is -0.220. The van der Waals surface area contributed by atoms with Crippen LogP contribution in [0.1, 0.15) is 47.5 Å². The number of carbonyl (C=O) groups excluding carboxylic acids is 1. The van der Waals surface area contributed by atoms with Crippen LogP contribution in [0.2, 0.25) is 0 Å². The summed E-state index contributed by atoms with van der Waals surface area (Å²) < 4.78 is 5.23. The lowest BCUT2D eigenvalue weighted by molar-refractivity contribution is -0.151. The van der Waals surface area contributed by atoms with Crippen LogP contribution in [-0.4, -0.2) is 35.7 Å². The number of nitrogens with one attached hydrogen (secondary N) is 1. The molecular weight excluding hydrogens is 234 g/mol. The maximum absolute atomic E-state index is 11.4. The van der Waals surface area contributed by atoms with Gasteiger partial charge in [-0.2, -0.15) is 11.8 Å². The Labute approximate surface area is 110 Å². The van der Waals surface area contributed by atoms with Gasteiger partial charge in [-0.05, 0) is 52.8 Å². The van der Waals surface area contributed by atoms with E-state index in [9.17, 15) is 4.79 Å². The number of rotatable bonds is 8. The van der Waals surface area contributed by atoms with E-state index in [2.05, 4.69) is 19.2 Å². The monoisotopic (exact) mass is 261 g/mol. The Morgan fingerprint density at radius 3 is 2.59 bits per heavy atom. The van der Waals surface area contributed by atoms with Crippen molar-refractivity contribution in [2.75, 3.05) is 18.1 Å². The molecule has 0 aliphatic carbocycles. The molecule has 0 heterocycles. The summed E-state index contributed by atoms with van der Waals surface area (Å²) in [5, 5.41) is 3.38. The van der Waals surface area contributed by atoms with E-state index in [1.165, 1.54) is 0 Å². The van der Waals surface area contributed by atoms with Crippen LogP contribution < -0.4 is 5.32 Å². The standard InChI is InChI=1S/C13H27NO2S/c1-6-14-11(2)8-7-9-17-10-12(15)16-13(3,4)5/h11,14H,6-10H2,1-5H3. The van der Waals surface area contributed by atoms with E-state index in [1.54, 1.807) is 11.8 Å². The van der Waals surface area contributed by atoms with Crippen molar-refractivity contribution in [3.8, 4) is 0 Å². The highest BCUT2D eigenvalue weighted by molar-refractivity contribution is 7.99. The third-order valence-corrected chi connectivity index (χ3v) is 3.14. The number of ether oxygens (including phenoxy) is 1. The molecule has 1 atom stereocenters. The third kappa shape index (κ3) is 12.0. The van der Waals surface area contributed by atoms with Crippen LogP contribution in [0, 0.1) is 0 Å². The summed E-state index contributed by atoms with van der Waals surface area (Å²) in [7, 11) is 0. The minimum Gasteiger partial charge on any atom is -0.459 e. The predicted octanol–water partition coefficient (Wildman–Crippen LogP) is 2.84. The number of thioether (sulfide) groups is 1. The van der Waals surface area contributed by atoms with Gasteiger partial charge in [-0.1, -0.05) is 6.92 Å². The molecule has 0 aromatic heterocycles. The van der Waals surface area contributed by atoms with E-state index in [0.29, 0.717) is 11.8 Å². The minimum atomic E-state index is -0.364. The van der Waals surface area contributed by atoms with E-state index in [0.717, 1.165) is 25.1 Å². The van der Waals surface area contributed by atoms with Crippen LogP contribution in [0.4, 0.5) is 0 Å². The quantitative estimate of drug-likeness (QED) is 0.538. The Balaban J connectivity index is 3.43. The van der Waals surface area contributed by atoms with Gasteiger partial charge in [-0.25, -0.2) is 0 Å². The fourth-order valence-corrected chi connectivity index (χ4v) is 2.21. The van der Waals surface area contributed by atoms with Gasteiger partial charge in [0.05, 0.1) is 5.75 Å². The summed E-state index contributed by atoms with van der Waals surface area (Å²) in [6.07, 6.45) is 2.30. The molecule has 0 rings (SSSR count). The average molecular weight is 261 g/mol. The second kappa shape index (κ2) is 8.81. The van der Waals surface area contributed by atoms with Crippen LogP contribution in [0.15, 0.2) is 0 Å². The first kappa shape index (κ1) is 16.8. The second-order valence-electron chi connectivity index (χ2n) is 5.24. The summed E-state index contributed by atoms with van der Waals surface area (Å²) in [5.41, 5.74) is -0.364. The van der Waals surface area contributed by atoms with Gasteiger partial charge in [0, 0.05) is 6.04 Å². The first-order valence-corrected chi connectivity index (χ1v) is 7.53. The molecule has 0 spiro atoms. The molecule has 102 valence electrons. The highest BCUT2D eigenvalue weighted by Crippen LogP contribution is 2.11. The fourth-order valence-electron chi connectivity index (χ4n) is 1.47. The molecule has 17 heavy (non-hydrogen) atoms. The lowest BCUT2D eigenvalue weighted by Gasteiger charge is -2.19. The summed E-state index contributed by atoms with van der Waals surface area (Å²) >= 11 is 1.66. The Morgan fingerprint density at radius 2 is 2.06 bits per heavy atom. The fraction of sp³-hybridized carbons (Fsp3) is 0.923. The van der Waals surface area contributed by atoms with E-state index in [1.807, 2.05) is 20.8 Å². The molecule has 1 unspecified atom stereocenters. The van der Waals surface area contributed by atoms with Gasteiger partial charge in [-0.15, -0.1) is 0 Å². The lowest BCUT2D eigenvalue weighted by Crippen LogP contribution is -2.26. The Bertz CT molecular complexity index is 214. The molecule has 0 aliphatic rings. The van der Waals surface area contributed by atoms with Crippen molar-refractivity contribution < 1.29 is 9.53 Å². The summed E-state index contributed by atoms with van der Waals surface area (Å²) in [6, 6.07) is 0.571. The number of carbonyl (C=O) groups is 1. The first-order chi connectivity index (χ1) is 7.85. The van der Waals surface area contributed by atoms with Crippen molar-refractivity contribution in [3.63, 3.8) is 0 Å². The molecule has 0 aromatic carbocycles. The van der Waals surface area contributed by atoms with Crippen LogP contribution >= 0.6 is 11.8 Å². The van der Waals surface area contributed by atoms with Crippen molar-refractivity contribution in [2.24, 2.45) is 0 Å². The summed E-state index contributed by atoms with van der Waals surface area (Å²) in [4.78, 5) is 11.4. The smallest absolute Gasteiger partial charge is 0.316 e.